The first-order valence-electron chi connectivity index (χ1n) is 6.30. The summed E-state index contributed by atoms with van der Waals surface area (Å²) in [6.07, 6.45) is 0. The first-order valence-corrected chi connectivity index (χ1v) is 6.68. The average molecular weight is 288 g/mol. The zero-order chi connectivity index (χ0) is 14.1. The number of imidazole rings is 1. The van der Waals surface area contributed by atoms with Crippen molar-refractivity contribution in [3.05, 3.63) is 52.8 Å². The molecule has 4 nitrogen and oxygen atoms in total. The van der Waals surface area contributed by atoms with E-state index < -0.39 is 0 Å². The fraction of sp³-hybridized carbons (Fsp3) is 0.133. The van der Waals surface area contributed by atoms with E-state index in [1.807, 2.05) is 37.3 Å². The van der Waals surface area contributed by atoms with Crippen LogP contribution in [0.3, 0.4) is 0 Å². The number of phenolic OH excluding ortho intramolecular Hbond substituents is 1. The molecule has 1 heterocycles. The lowest BCUT2D eigenvalue weighted by atomic mass is 10.2. The van der Waals surface area contributed by atoms with Gasteiger partial charge in [-0.2, -0.15) is 0 Å². The van der Waals surface area contributed by atoms with Gasteiger partial charge in [-0.15, -0.1) is 0 Å². The zero-order valence-corrected chi connectivity index (χ0v) is 11.7. The molecule has 0 unspecified atom stereocenters. The second-order valence-electron chi connectivity index (χ2n) is 4.66. The molecule has 0 aliphatic rings. The van der Waals surface area contributed by atoms with Gasteiger partial charge in [-0.05, 0) is 31.2 Å². The van der Waals surface area contributed by atoms with Crippen LogP contribution in [0.1, 0.15) is 11.4 Å². The highest BCUT2D eigenvalue weighted by Crippen LogP contribution is 2.27. The van der Waals surface area contributed by atoms with Crippen molar-refractivity contribution < 1.29 is 5.11 Å². The molecule has 0 aliphatic carbocycles. The summed E-state index contributed by atoms with van der Waals surface area (Å²) in [5, 5.41) is 13.5. The minimum absolute atomic E-state index is 0.125. The molecule has 5 heteroatoms. The molecule has 0 saturated carbocycles. The van der Waals surface area contributed by atoms with E-state index in [1.165, 1.54) is 0 Å². The van der Waals surface area contributed by atoms with Gasteiger partial charge in [-0.1, -0.05) is 23.7 Å². The van der Waals surface area contributed by atoms with Crippen LogP contribution in [-0.4, -0.2) is 15.1 Å². The van der Waals surface area contributed by atoms with E-state index in [2.05, 4.69) is 15.3 Å². The predicted molar refractivity (Wildman–Crippen MR) is 81.3 cm³/mol. The number of aromatic amines is 1. The number of hydrogen-bond donors (Lipinski definition) is 3. The van der Waals surface area contributed by atoms with Crippen molar-refractivity contribution >= 4 is 28.3 Å². The number of nitrogens with zero attached hydrogens (tertiary/aromatic N) is 1. The number of rotatable bonds is 3. The van der Waals surface area contributed by atoms with Crippen molar-refractivity contribution in [3.8, 4) is 5.75 Å². The predicted octanol–water partition coefficient (Wildman–Crippen LogP) is 3.84. The molecule has 20 heavy (non-hydrogen) atoms. The number of aromatic hydroxyl groups is 1. The van der Waals surface area contributed by atoms with Crippen LogP contribution in [0.15, 0.2) is 36.4 Å². The molecule has 2 aromatic carbocycles. The lowest BCUT2D eigenvalue weighted by molar-refractivity contribution is 0.469. The Morgan fingerprint density at radius 2 is 2.15 bits per heavy atom. The van der Waals surface area contributed by atoms with E-state index in [4.69, 9.17) is 11.6 Å². The van der Waals surface area contributed by atoms with Crippen molar-refractivity contribution in [2.75, 3.05) is 5.32 Å². The van der Waals surface area contributed by atoms with Crippen LogP contribution in [-0.2, 0) is 6.54 Å². The minimum atomic E-state index is 0.125. The molecule has 0 saturated heterocycles. The van der Waals surface area contributed by atoms with Crippen LogP contribution < -0.4 is 5.32 Å². The number of halogens is 1. The highest BCUT2D eigenvalue weighted by atomic mass is 35.5. The highest BCUT2D eigenvalue weighted by molar-refractivity contribution is 6.32. The Morgan fingerprint density at radius 3 is 3.00 bits per heavy atom. The largest absolute Gasteiger partial charge is 0.506 e. The summed E-state index contributed by atoms with van der Waals surface area (Å²) in [5.41, 5.74) is 3.65. The molecule has 0 bridgehead atoms. The number of para-hydroxylation sites is 1. The van der Waals surface area contributed by atoms with Crippen LogP contribution in [0, 0.1) is 6.92 Å². The molecule has 3 aromatic rings. The average Bonchev–Trinajstić information content (AvgIpc) is 2.79. The molecule has 0 aliphatic heterocycles. The SMILES string of the molecule is Cc1nc2ccc(NCc3cccc(Cl)c3O)cc2[nH]1. The molecular weight excluding hydrogens is 274 g/mol. The van der Waals surface area contributed by atoms with Crippen LogP contribution in [0.2, 0.25) is 5.02 Å². The molecule has 0 fully saturated rings. The third-order valence-electron chi connectivity index (χ3n) is 3.15. The maximum atomic E-state index is 9.86. The van der Waals surface area contributed by atoms with E-state index in [9.17, 15) is 5.11 Å². The second-order valence-corrected chi connectivity index (χ2v) is 5.06. The summed E-state index contributed by atoms with van der Waals surface area (Å²) < 4.78 is 0. The van der Waals surface area contributed by atoms with Crippen LogP contribution in [0.5, 0.6) is 5.75 Å². The number of H-pyrrole nitrogens is 1. The third kappa shape index (κ3) is 2.42. The van der Waals surface area contributed by atoms with E-state index in [0.717, 1.165) is 28.1 Å². The molecule has 0 spiro atoms. The van der Waals surface area contributed by atoms with Gasteiger partial charge in [0, 0.05) is 17.8 Å². The van der Waals surface area contributed by atoms with Gasteiger partial charge in [0.15, 0.2) is 0 Å². The Kier molecular flexibility index (Phi) is 3.24. The molecule has 0 atom stereocenters. The standard InChI is InChI=1S/C15H14ClN3O/c1-9-18-13-6-5-11(7-14(13)19-9)17-8-10-3-2-4-12(16)15(10)20/h2-7,17,20H,8H2,1H3,(H,18,19). The maximum absolute atomic E-state index is 9.86. The topological polar surface area (TPSA) is 60.9 Å². The van der Waals surface area contributed by atoms with Gasteiger partial charge >= 0.3 is 0 Å². The highest BCUT2D eigenvalue weighted by Gasteiger charge is 2.05. The third-order valence-corrected chi connectivity index (χ3v) is 3.46. The van der Waals surface area contributed by atoms with Gasteiger partial charge in [0.05, 0.1) is 16.1 Å². The van der Waals surface area contributed by atoms with Gasteiger partial charge in [0.1, 0.15) is 11.6 Å². The molecule has 1 aromatic heterocycles. The van der Waals surface area contributed by atoms with Crippen molar-refractivity contribution in [2.24, 2.45) is 0 Å². The van der Waals surface area contributed by atoms with Gasteiger partial charge in [-0.3, -0.25) is 0 Å². The van der Waals surface area contributed by atoms with E-state index in [1.54, 1.807) is 6.07 Å². The lowest BCUT2D eigenvalue weighted by Gasteiger charge is -2.09. The fourth-order valence-electron chi connectivity index (χ4n) is 2.15. The molecule has 3 N–H and O–H groups in total. The molecule has 0 radical (unpaired) electrons. The first kappa shape index (κ1) is 12.8. The smallest absolute Gasteiger partial charge is 0.139 e. The quantitative estimate of drug-likeness (QED) is 0.686. The number of hydrogen-bond acceptors (Lipinski definition) is 3. The van der Waals surface area contributed by atoms with Crippen molar-refractivity contribution in [2.45, 2.75) is 13.5 Å². The number of aryl methyl sites for hydroxylation is 1. The van der Waals surface area contributed by atoms with Gasteiger partial charge in [0.2, 0.25) is 0 Å². The lowest BCUT2D eigenvalue weighted by Crippen LogP contribution is -1.99. The van der Waals surface area contributed by atoms with Gasteiger partial charge in [0.25, 0.3) is 0 Å². The second kappa shape index (κ2) is 5.06. The molecule has 102 valence electrons. The number of fused-ring (bicyclic) bond motifs is 1. The Morgan fingerprint density at radius 1 is 1.30 bits per heavy atom. The molecule has 3 rings (SSSR count). The summed E-state index contributed by atoms with van der Waals surface area (Å²) in [6, 6.07) is 11.2. The minimum Gasteiger partial charge on any atom is -0.506 e. The summed E-state index contributed by atoms with van der Waals surface area (Å²) in [4.78, 5) is 7.55. The Balaban J connectivity index is 1.81. The first-order chi connectivity index (χ1) is 9.63. The summed E-state index contributed by atoms with van der Waals surface area (Å²) >= 11 is 5.89. The Hall–Kier alpha value is -2.20. The van der Waals surface area contributed by atoms with Crippen LogP contribution >= 0.6 is 11.6 Å². The number of nitrogens with one attached hydrogen (secondary N) is 2. The fourth-order valence-corrected chi connectivity index (χ4v) is 2.34. The number of aromatic nitrogens is 2. The van der Waals surface area contributed by atoms with E-state index in [0.29, 0.717) is 11.6 Å². The van der Waals surface area contributed by atoms with Crippen LogP contribution in [0.25, 0.3) is 11.0 Å². The van der Waals surface area contributed by atoms with E-state index >= 15 is 0 Å². The van der Waals surface area contributed by atoms with Gasteiger partial charge in [-0.25, -0.2) is 4.98 Å². The zero-order valence-electron chi connectivity index (χ0n) is 10.9. The van der Waals surface area contributed by atoms with E-state index in [-0.39, 0.29) is 5.75 Å². The molecular formula is C15H14ClN3O. The molecule has 0 amide bonds. The van der Waals surface area contributed by atoms with Crippen molar-refractivity contribution in [3.63, 3.8) is 0 Å². The monoisotopic (exact) mass is 287 g/mol. The maximum Gasteiger partial charge on any atom is 0.139 e. The van der Waals surface area contributed by atoms with Crippen molar-refractivity contribution in [1.29, 1.82) is 0 Å². The van der Waals surface area contributed by atoms with Crippen molar-refractivity contribution in [1.82, 2.24) is 9.97 Å². The summed E-state index contributed by atoms with van der Waals surface area (Å²) in [6.45, 7) is 2.43. The number of benzene rings is 2. The Bertz CT molecular complexity index is 767. The summed E-state index contributed by atoms with van der Waals surface area (Å²) in [7, 11) is 0. The summed E-state index contributed by atoms with van der Waals surface area (Å²) in [5.74, 6) is 1.02. The number of anilines is 1. The van der Waals surface area contributed by atoms with Crippen LogP contribution in [0.4, 0.5) is 5.69 Å². The normalized spacial score (nSPS) is 10.9. The van der Waals surface area contributed by atoms with Gasteiger partial charge < -0.3 is 15.4 Å². The Labute approximate surface area is 121 Å². The number of phenols is 1.